The van der Waals surface area contributed by atoms with E-state index >= 15 is 0 Å². The molecule has 0 fully saturated rings. The van der Waals surface area contributed by atoms with Gasteiger partial charge in [0.15, 0.2) is 0 Å². The maximum absolute atomic E-state index is 13.0. The summed E-state index contributed by atoms with van der Waals surface area (Å²) in [6, 6.07) is 21.0. The van der Waals surface area contributed by atoms with E-state index in [0.717, 1.165) is 16.5 Å². The maximum atomic E-state index is 13.0. The van der Waals surface area contributed by atoms with Crippen LogP contribution < -0.4 is 10.9 Å². The Labute approximate surface area is 173 Å². The van der Waals surface area contributed by atoms with E-state index in [9.17, 15) is 9.59 Å². The van der Waals surface area contributed by atoms with Crippen LogP contribution in [0, 0.1) is 0 Å². The molecule has 0 saturated heterocycles. The molecular formula is C23H20ClN3O2. The molecule has 146 valence electrons. The molecule has 1 N–H and O–H groups in total. The maximum Gasteiger partial charge on any atom is 0.275 e. The zero-order chi connectivity index (χ0) is 20.2. The number of rotatable bonds is 6. The number of benzene rings is 2. The second kappa shape index (κ2) is 8.37. The lowest BCUT2D eigenvalue weighted by atomic mass is 10.2. The summed E-state index contributed by atoms with van der Waals surface area (Å²) in [7, 11) is 0. The molecule has 0 saturated carbocycles. The highest BCUT2D eigenvalue weighted by Crippen LogP contribution is 2.14. The predicted octanol–water partition coefficient (Wildman–Crippen LogP) is 3.82. The third kappa shape index (κ3) is 4.41. The average Bonchev–Trinajstić information content (AvgIpc) is 3.14. The summed E-state index contributed by atoms with van der Waals surface area (Å²) >= 11 is 5.87. The number of carbonyl (C=O) groups is 1. The second-order valence-electron chi connectivity index (χ2n) is 6.89. The van der Waals surface area contributed by atoms with Gasteiger partial charge in [-0.05, 0) is 35.4 Å². The van der Waals surface area contributed by atoms with Crippen LogP contribution in [0.15, 0.2) is 83.9 Å². The molecule has 0 spiro atoms. The van der Waals surface area contributed by atoms with Crippen LogP contribution in [0.4, 0.5) is 0 Å². The second-order valence-corrected chi connectivity index (χ2v) is 7.32. The minimum absolute atomic E-state index is 0.0289. The van der Waals surface area contributed by atoms with Crippen molar-refractivity contribution in [3.8, 4) is 0 Å². The molecule has 0 atom stereocenters. The van der Waals surface area contributed by atoms with Gasteiger partial charge in [-0.25, -0.2) is 0 Å². The molecule has 1 amide bonds. The van der Waals surface area contributed by atoms with Gasteiger partial charge in [-0.3, -0.25) is 9.59 Å². The number of hydrogen-bond acceptors (Lipinski definition) is 2. The van der Waals surface area contributed by atoms with Crippen LogP contribution in [-0.4, -0.2) is 15.0 Å². The summed E-state index contributed by atoms with van der Waals surface area (Å²) in [6.07, 6.45) is 3.57. The highest BCUT2D eigenvalue weighted by molar-refractivity contribution is 6.30. The molecule has 2 heterocycles. The number of carbonyl (C=O) groups excluding carboxylic acids is 1. The van der Waals surface area contributed by atoms with E-state index in [-0.39, 0.29) is 18.0 Å². The van der Waals surface area contributed by atoms with Crippen LogP contribution in [0.3, 0.4) is 0 Å². The van der Waals surface area contributed by atoms with Gasteiger partial charge in [0.1, 0.15) is 12.1 Å². The van der Waals surface area contributed by atoms with Crippen molar-refractivity contribution in [3.63, 3.8) is 0 Å². The van der Waals surface area contributed by atoms with Crippen molar-refractivity contribution in [2.24, 2.45) is 0 Å². The summed E-state index contributed by atoms with van der Waals surface area (Å²) in [6.45, 7) is 0.961. The summed E-state index contributed by atoms with van der Waals surface area (Å²) in [5.74, 6) is -0.220. The first-order valence-corrected chi connectivity index (χ1v) is 9.71. The number of pyridine rings is 1. The highest BCUT2D eigenvalue weighted by atomic mass is 35.5. The van der Waals surface area contributed by atoms with E-state index in [1.54, 1.807) is 18.3 Å². The Hall–Kier alpha value is -3.31. The minimum atomic E-state index is -0.220. The summed E-state index contributed by atoms with van der Waals surface area (Å²) in [5, 5.41) is 4.36. The van der Waals surface area contributed by atoms with Gasteiger partial charge in [0, 0.05) is 35.9 Å². The quantitative estimate of drug-likeness (QED) is 0.530. The Morgan fingerprint density at radius 1 is 0.862 bits per heavy atom. The van der Waals surface area contributed by atoms with E-state index in [1.807, 2.05) is 65.4 Å². The molecule has 0 radical (unpaired) electrons. The van der Waals surface area contributed by atoms with Crippen LogP contribution in [0.1, 0.15) is 11.1 Å². The average molecular weight is 406 g/mol. The summed E-state index contributed by atoms with van der Waals surface area (Å²) in [4.78, 5) is 25.3. The number of nitrogens with one attached hydrogen (secondary N) is 1. The van der Waals surface area contributed by atoms with Crippen molar-refractivity contribution in [1.82, 2.24) is 14.5 Å². The summed E-state index contributed by atoms with van der Waals surface area (Å²) < 4.78 is 3.37. The van der Waals surface area contributed by atoms with Crippen molar-refractivity contribution >= 4 is 28.4 Å². The molecule has 2 aromatic carbocycles. The van der Waals surface area contributed by atoms with Gasteiger partial charge in [0.05, 0.1) is 0 Å². The van der Waals surface area contributed by atoms with Gasteiger partial charge in [-0.1, -0.05) is 54.1 Å². The largest absolute Gasteiger partial charge is 0.350 e. The number of nitrogens with zero attached hydrogens (tertiary/aromatic N) is 2. The van der Waals surface area contributed by atoms with Gasteiger partial charge in [0.25, 0.3) is 5.56 Å². The van der Waals surface area contributed by atoms with Gasteiger partial charge in [-0.15, -0.1) is 0 Å². The number of hydrogen-bond donors (Lipinski definition) is 1. The number of fused-ring (bicyclic) bond motifs is 1. The normalized spacial score (nSPS) is 10.9. The van der Waals surface area contributed by atoms with Gasteiger partial charge >= 0.3 is 0 Å². The van der Waals surface area contributed by atoms with Crippen molar-refractivity contribution in [2.75, 3.05) is 0 Å². The smallest absolute Gasteiger partial charge is 0.275 e. The molecule has 0 unspecified atom stereocenters. The lowest BCUT2D eigenvalue weighted by Gasteiger charge is -2.10. The molecule has 0 aliphatic heterocycles. The van der Waals surface area contributed by atoms with E-state index in [2.05, 4.69) is 5.32 Å². The third-order valence-electron chi connectivity index (χ3n) is 4.80. The molecule has 4 rings (SSSR count). The topological polar surface area (TPSA) is 56.0 Å². The molecular weight excluding hydrogens is 386 g/mol. The number of halogens is 1. The van der Waals surface area contributed by atoms with Crippen LogP contribution in [0.2, 0.25) is 5.02 Å². The Kier molecular flexibility index (Phi) is 5.49. The van der Waals surface area contributed by atoms with Crippen molar-refractivity contribution < 1.29 is 4.79 Å². The molecule has 0 aliphatic carbocycles. The van der Waals surface area contributed by atoms with E-state index in [4.69, 9.17) is 11.6 Å². The van der Waals surface area contributed by atoms with Gasteiger partial charge < -0.3 is 14.5 Å². The Balaban J connectivity index is 1.51. The van der Waals surface area contributed by atoms with Crippen molar-refractivity contribution in [1.29, 1.82) is 0 Å². The number of amides is 1. The zero-order valence-electron chi connectivity index (χ0n) is 15.7. The lowest BCUT2D eigenvalue weighted by molar-refractivity contribution is -0.121. The molecule has 6 heteroatoms. The Bertz CT molecular complexity index is 1190. The fourth-order valence-electron chi connectivity index (χ4n) is 3.29. The monoisotopic (exact) mass is 405 g/mol. The van der Waals surface area contributed by atoms with E-state index < -0.39 is 0 Å². The molecule has 0 aliphatic rings. The van der Waals surface area contributed by atoms with Crippen LogP contribution >= 0.6 is 11.6 Å². The first-order chi connectivity index (χ1) is 14.1. The molecule has 5 nitrogen and oxygen atoms in total. The Morgan fingerprint density at radius 3 is 2.28 bits per heavy atom. The molecule has 4 aromatic rings. The minimum Gasteiger partial charge on any atom is -0.350 e. The predicted molar refractivity (Wildman–Crippen MR) is 115 cm³/mol. The van der Waals surface area contributed by atoms with Crippen LogP contribution in [-0.2, 0) is 24.4 Å². The zero-order valence-corrected chi connectivity index (χ0v) is 16.5. The Morgan fingerprint density at radius 2 is 1.55 bits per heavy atom. The highest BCUT2D eigenvalue weighted by Gasteiger charge is 2.11. The van der Waals surface area contributed by atoms with Crippen molar-refractivity contribution in [3.05, 3.63) is 106 Å². The standard InChI is InChI=1S/C23H20ClN3O2/c24-20-8-6-17(7-9-20)14-25-21(28)16-27-13-11-19-10-12-26(22(19)23(27)29)15-18-4-2-1-3-5-18/h1-13H,14-16H2,(H,25,28). The molecule has 0 bridgehead atoms. The first kappa shape index (κ1) is 19.0. The van der Waals surface area contributed by atoms with Crippen LogP contribution in [0.5, 0.6) is 0 Å². The SMILES string of the molecule is O=C(Cn1ccc2ccn(Cc3ccccc3)c2c1=O)NCc1ccc(Cl)cc1. The number of aromatic nitrogens is 2. The van der Waals surface area contributed by atoms with Gasteiger partial charge in [0.2, 0.25) is 5.91 Å². The van der Waals surface area contributed by atoms with Crippen LogP contribution in [0.25, 0.3) is 10.9 Å². The molecule has 2 aromatic heterocycles. The molecule has 29 heavy (non-hydrogen) atoms. The first-order valence-electron chi connectivity index (χ1n) is 9.33. The van der Waals surface area contributed by atoms with E-state index in [1.165, 1.54) is 4.57 Å². The third-order valence-corrected chi connectivity index (χ3v) is 5.06. The summed E-state index contributed by atoms with van der Waals surface area (Å²) in [5.41, 5.74) is 2.48. The van der Waals surface area contributed by atoms with E-state index in [0.29, 0.717) is 23.6 Å². The fraction of sp³-hybridized carbons (Fsp3) is 0.130. The van der Waals surface area contributed by atoms with Crippen molar-refractivity contribution in [2.45, 2.75) is 19.6 Å². The fourth-order valence-corrected chi connectivity index (χ4v) is 3.42. The lowest BCUT2D eigenvalue weighted by Crippen LogP contribution is -2.32. The van der Waals surface area contributed by atoms with Gasteiger partial charge in [-0.2, -0.15) is 0 Å².